The molecule has 0 radical (unpaired) electrons. The lowest BCUT2D eigenvalue weighted by atomic mass is 10.1. The van der Waals surface area contributed by atoms with Crippen molar-refractivity contribution in [3.63, 3.8) is 0 Å². The van der Waals surface area contributed by atoms with Crippen LogP contribution in [0.25, 0.3) is 0 Å². The Kier molecular flexibility index (Phi) is 4.85. The van der Waals surface area contributed by atoms with Gasteiger partial charge in [0.25, 0.3) is 0 Å². The zero-order chi connectivity index (χ0) is 15.2. The predicted octanol–water partition coefficient (Wildman–Crippen LogP) is 3.13. The van der Waals surface area contributed by atoms with Crippen molar-refractivity contribution in [1.82, 2.24) is 5.32 Å². The predicted molar refractivity (Wildman–Crippen MR) is 74.6 cm³/mol. The maximum atomic E-state index is 13.8. The molecule has 0 saturated carbocycles. The van der Waals surface area contributed by atoms with Crippen LogP contribution in [-0.2, 0) is 13.2 Å². The van der Waals surface area contributed by atoms with E-state index in [1.54, 1.807) is 19.2 Å². The largest absolute Gasteiger partial charge is 0.485 e. The Morgan fingerprint density at radius 3 is 2.62 bits per heavy atom. The molecule has 0 fully saturated rings. The van der Waals surface area contributed by atoms with Crippen LogP contribution in [0.15, 0.2) is 36.4 Å². The van der Waals surface area contributed by atoms with E-state index in [0.717, 1.165) is 6.07 Å². The maximum absolute atomic E-state index is 13.8. The average molecular weight is 288 g/mol. The summed E-state index contributed by atoms with van der Waals surface area (Å²) >= 11 is 0. The smallest absolute Gasteiger partial charge is 0.165 e. The summed E-state index contributed by atoms with van der Waals surface area (Å²) in [5.41, 5.74) is 1.16. The molecular formula is C16H14F2N2O. The van der Waals surface area contributed by atoms with E-state index in [0.29, 0.717) is 12.1 Å². The number of hydrogen-bond donors (Lipinski definition) is 1. The minimum Gasteiger partial charge on any atom is -0.485 e. The lowest BCUT2D eigenvalue weighted by molar-refractivity contribution is 0.281. The summed E-state index contributed by atoms with van der Waals surface area (Å²) < 4.78 is 33.0. The van der Waals surface area contributed by atoms with Gasteiger partial charge in [-0.3, -0.25) is 0 Å². The van der Waals surface area contributed by atoms with Gasteiger partial charge in [-0.25, -0.2) is 8.78 Å². The van der Waals surface area contributed by atoms with Crippen LogP contribution in [0.5, 0.6) is 5.75 Å². The molecule has 2 rings (SSSR count). The van der Waals surface area contributed by atoms with Gasteiger partial charge >= 0.3 is 0 Å². The molecule has 0 spiro atoms. The first-order valence-electron chi connectivity index (χ1n) is 6.39. The zero-order valence-electron chi connectivity index (χ0n) is 11.5. The van der Waals surface area contributed by atoms with Crippen molar-refractivity contribution in [2.24, 2.45) is 0 Å². The number of halogens is 2. The molecule has 1 N–H and O–H groups in total. The standard InChI is InChI=1S/C16H14F2N2O/c1-20-9-12-3-2-4-14(17)16(12)21-10-13-6-5-11(8-19)7-15(13)18/h2-7,20H,9-10H2,1H3. The second-order valence-corrected chi connectivity index (χ2v) is 4.47. The SMILES string of the molecule is CNCc1cccc(F)c1OCc1ccc(C#N)cc1F. The minimum absolute atomic E-state index is 0.102. The third-order valence-electron chi connectivity index (χ3n) is 2.97. The zero-order valence-corrected chi connectivity index (χ0v) is 11.5. The van der Waals surface area contributed by atoms with Crippen LogP contribution in [0.3, 0.4) is 0 Å². The van der Waals surface area contributed by atoms with Crippen molar-refractivity contribution >= 4 is 0 Å². The molecule has 3 nitrogen and oxygen atoms in total. The van der Waals surface area contributed by atoms with Crippen LogP contribution in [0, 0.1) is 23.0 Å². The van der Waals surface area contributed by atoms with Gasteiger partial charge in [0, 0.05) is 17.7 Å². The average Bonchev–Trinajstić information content (AvgIpc) is 2.48. The van der Waals surface area contributed by atoms with E-state index in [9.17, 15) is 8.78 Å². The normalized spacial score (nSPS) is 10.2. The van der Waals surface area contributed by atoms with Gasteiger partial charge in [-0.05, 0) is 25.2 Å². The van der Waals surface area contributed by atoms with Crippen molar-refractivity contribution < 1.29 is 13.5 Å². The molecule has 0 aliphatic rings. The molecule has 0 aliphatic heterocycles. The van der Waals surface area contributed by atoms with Crippen LogP contribution in [0.2, 0.25) is 0 Å². The molecule has 21 heavy (non-hydrogen) atoms. The Labute approximate surface area is 121 Å². The Morgan fingerprint density at radius 1 is 1.14 bits per heavy atom. The van der Waals surface area contributed by atoms with Crippen molar-refractivity contribution in [2.75, 3.05) is 7.05 Å². The highest BCUT2D eigenvalue weighted by atomic mass is 19.1. The molecule has 2 aromatic carbocycles. The molecule has 0 unspecified atom stereocenters. The fourth-order valence-electron chi connectivity index (χ4n) is 1.93. The molecule has 0 heterocycles. The van der Waals surface area contributed by atoms with Gasteiger partial charge in [-0.2, -0.15) is 5.26 Å². The highest BCUT2D eigenvalue weighted by molar-refractivity contribution is 5.36. The Hall–Kier alpha value is -2.45. The molecule has 0 atom stereocenters. The highest BCUT2D eigenvalue weighted by Gasteiger charge is 2.11. The number of nitriles is 1. The van der Waals surface area contributed by atoms with E-state index in [1.165, 1.54) is 18.2 Å². The first kappa shape index (κ1) is 14.9. The number of benzene rings is 2. The molecule has 0 aliphatic carbocycles. The summed E-state index contributed by atoms with van der Waals surface area (Å²) in [5.74, 6) is -0.923. The molecule has 0 bridgehead atoms. The van der Waals surface area contributed by atoms with Crippen molar-refractivity contribution in [3.8, 4) is 11.8 Å². The molecular weight excluding hydrogens is 274 g/mol. The van der Waals surface area contributed by atoms with E-state index in [2.05, 4.69) is 5.32 Å². The number of nitrogens with zero attached hydrogens (tertiary/aromatic N) is 1. The molecule has 5 heteroatoms. The molecule has 0 aromatic heterocycles. The van der Waals surface area contributed by atoms with Gasteiger partial charge in [0.2, 0.25) is 0 Å². The first-order chi connectivity index (χ1) is 10.2. The van der Waals surface area contributed by atoms with Gasteiger partial charge in [0.05, 0.1) is 11.6 Å². The Bertz CT molecular complexity index is 680. The van der Waals surface area contributed by atoms with Gasteiger partial charge in [-0.1, -0.05) is 18.2 Å². The lowest BCUT2D eigenvalue weighted by Crippen LogP contribution is -2.09. The second kappa shape index (κ2) is 6.82. The van der Waals surface area contributed by atoms with Gasteiger partial charge in [0.1, 0.15) is 12.4 Å². The third kappa shape index (κ3) is 3.56. The van der Waals surface area contributed by atoms with Crippen molar-refractivity contribution in [2.45, 2.75) is 13.2 Å². The lowest BCUT2D eigenvalue weighted by Gasteiger charge is -2.12. The summed E-state index contributed by atoms with van der Waals surface area (Å²) in [7, 11) is 1.75. The van der Waals surface area contributed by atoms with Crippen LogP contribution < -0.4 is 10.1 Å². The summed E-state index contributed by atoms with van der Waals surface area (Å²) in [6.45, 7) is 0.345. The topological polar surface area (TPSA) is 45.0 Å². The van der Waals surface area contributed by atoms with Gasteiger partial charge in [0.15, 0.2) is 11.6 Å². The highest BCUT2D eigenvalue weighted by Crippen LogP contribution is 2.24. The Morgan fingerprint density at radius 2 is 1.95 bits per heavy atom. The Balaban J connectivity index is 2.19. The number of rotatable bonds is 5. The molecule has 0 saturated heterocycles. The van der Waals surface area contributed by atoms with E-state index >= 15 is 0 Å². The fourth-order valence-corrected chi connectivity index (χ4v) is 1.93. The van der Waals surface area contributed by atoms with E-state index < -0.39 is 11.6 Å². The maximum Gasteiger partial charge on any atom is 0.165 e. The van der Waals surface area contributed by atoms with E-state index in [1.807, 2.05) is 6.07 Å². The van der Waals surface area contributed by atoms with Gasteiger partial charge < -0.3 is 10.1 Å². The summed E-state index contributed by atoms with van der Waals surface area (Å²) in [5, 5.41) is 11.6. The van der Waals surface area contributed by atoms with Crippen LogP contribution in [0.1, 0.15) is 16.7 Å². The summed E-state index contributed by atoms with van der Waals surface area (Å²) in [6, 6.07) is 10.6. The van der Waals surface area contributed by atoms with Crippen LogP contribution in [-0.4, -0.2) is 7.05 Å². The monoisotopic (exact) mass is 288 g/mol. The fraction of sp³-hybridized carbons (Fsp3) is 0.188. The number of nitrogens with one attached hydrogen (secondary N) is 1. The number of para-hydroxylation sites is 1. The summed E-state index contributed by atoms with van der Waals surface area (Å²) in [4.78, 5) is 0. The number of hydrogen-bond acceptors (Lipinski definition) is 3. The van der Waals surface area contributed by atoms with E-state index in [-0.39, 0.29) is 23.5 Å². The molecule has 0 amide bonds. The first-order valence-corrected chi connectivity index (χ1v) is 6.39. The quantitative estimate of drug-likeness (QED) is 0.919. The number of ether oxygens (including phenoxy) is 1. The van der Waals surface area contributed by atoms with Crippen molar-refractivity contribution in [1.29, 1.82) is 5.26 Å². The summed E-state index contributed by atoms with van der Waals surface area (Å²) in [6.07, 6.45) is 0. The van der Waals surface area contributed by atoms with E-state index in [4.69, 9.17) is 10.00 Å². The van der Waals surface area contributed by atoms with Crippen molar-refractivity contribution in [3.05, 3.63) is 64.7 Å². The van der Waals surface area contributed by atoms with Crippen LogP contribution in [0.4, 0.5) is 8.78 Å². The van der Waals surface area contributed by atoms with Gasteiger partial charge in [-0.15, -0.1) is 0 Å². The minimum atomic E-state index is -0.541. The molecule has 108 valence electrons. The molecule has 2 aromatic rings. The second-order valence-electron chi connectivity index (χ2n) is 4.47. The third-order valence-corrected chi connectivity index (χ3v) is 2.97. The van der Waals surface area contributed by atoms with Crippen LogP contribution >= 0.6 is 0 Å².